The van der Waals surface area contributed by atoms with E-state index in [0.29, 0.717) is 12.4 Å². The highest BCUT2D eigenvalue weighted by Gasteiger charge is 2.32. The van der Waals surface area contributed by atoms with Gasteiger partial charge in [-0.2, -0.15) is 13.2 Å². The average molecular weight is 261 g/mol. The van der Waals surface area contributed by atoms with E-state index in [2.05, 4.69) is 6.92 Å². The van der Waals surface area contributed by atoms with Crippen LogP contribution in [-0.2, 0) is 12.7 Å². The lowest BCUT2D eigenvalue weighted by atomic mass is 10.1. The maximum Gasteiger partial charge on any atom is 0.416 e. The summed E-state index contributed by atoms with van der Waals surface area (Å²) in [5.41, 5.74) is 4.71. The number of hydrogen-bond donors (Lipinski definition) is 1. The monoisotopic (exact) mass is 261 g/mol. The number of unbranched alkanes of at least 4 members (excludes halogenated alkanes) is 2. The first-order valence-corrected chi connectivity index (χ1v) is 6.02. The fraction of sp³-hybridized carbons (Fsp3) is 0.538. The molecule has 0 heterocycles. The molecule has 1 aromatic rings. The standard InChI is InChI=1S/C13H18F3NO/c1-2-3-4-7-18-11-5-6-12(13(14,15)16)10(8-11)9-17/h5-6,8H,2-4,7,9,17H2,1H3. The maximum absolute atomic E-state index is 12.6. The van der Waals surface area contributed by atoms with Gasteiger partial charge in [-0.1, -0.05) is 19.8 Å². The summed E-state index contributed by atoms with van der Waals surface area (Å²) in [6.07, 6.45) is -1.35. The summed E-state index contributed by atoms with van der Waals surface area (Å²) in [5, 5.41) is 0. The molecular weight excluding hydrogens is 243 g/mol. The topological polar surface area (TPSA) is 35.2 Å². The lowest BCUT2D eigenvalue weighted by Gasteiger charge is -2.13. The number of ether oxygens (including phenoxy) is 1. The Kier molecular flexibility index (Phi) is 5.47. The zero-order chi connectivity index (χ0) is 13.6. The molecule has 0 unspecified atom stereocenters. The van der Waals surface area contributed by atoms with Crippen molar-refractivity contribution in [2.75, 3.05) is 6.61 Å². The van der Waals surface area contributed by atoms with Crippen LogP contribution in [-0.4, -0.2) is 6.61 Å². The molecule has 0 spiro atoms. The molecule has 0 radical (unpaired) electrons. The van der Waals surface area contributed by atoms with Gasteiger partial charge in [-0.3, -0.25) is 0 Å². The van der Waals surface area contributed by atoms with Gasteiger partial charge in [0, 0.05) is 6.54 Å². The molecule has 0 aliphatic rings. The summed E-state index contributed by atoms with van der Waals surface area (Å²) >= 11 is 0. The molecule has 0 fully saturated rings. The highest BCUT2D eigenvalue weighted by molar-refractivity contribution is 5.37. The molecule has 0 amide bonds. The molecule has 2 nitrogen and oxygen atoms in total. The minimum Gasteiger partial charge on any atom is -0.494 e. The van der Waals surface area contributed by atoms with Gasteiger partial charge in [-0.15, -0.1) is 0 Å². The Morgan fingerprint density at radius 3 is 2.50 bits per heavy atom. The number of hydrogen-bond acceptors (Lipinski definition) is 2. The van der Waals surface area contributed by atoms with Crippen molar-refractivity contribution in [2.24, 2.45) is 5.73 Å². The van der Waals surface area contributed by atoms with Gasteiger partial charge in [0.15, 0.2) is 0 Å². The molecule has 0 aliphatic carbocycles. The van der Waals surface area contributed by atoms with E-state index in [9.17, 15) is 13.2 Å². The van der Waals surface area contributed by atoms with Crippen LogP contribution < -0.4 is 10.5 Å². The number of alkyl halides is 3. The molecule has 0 aliphatic heterocycles. The number of rotatable bonds is 6. The molecule has 0 atom stereocenters. The van der Waals surface area contributed by atoms with E-state index in [4.69, 9.17) is 10.5 Å². The molecule has 0 saturated carbocycles. The largest absolute Gasteiger partial charge is 0.494 e. The predicted octanol–water partition coefficient (Wildman–Crippen LogP) is 3.73. The van der Waals surface area contributed by atoms with Crippen molar-refractivity contribution in [2.45, 2.75) is 38.9 Å². The molecule has 1 rings (SSSR count). The van der Waals surface area contributed by atoms with Gasteiger partial charge >= 0.3 is 6.18 Å². The number of halogens is 3. The first-order chi connectivity index (χ1) is 8.49. The Hall–Kier alpha value is -1.23. The van der Waals surface area contributed by atoms with Gasteiger partial charge in [0.05, 0.1) is 12.2 Å². The van der Waals surface area contributed by atoms with E-state index in [1.807, 2.05) is 0 Å². The van der Waals surface area contributed by atoms with Crippen molar-refractivity contribution in [1.82, 2.24) is 0 Å². The first kappa shape index (κ1) is 14.8. The van der Waals surface area contributed by atoms with Crippen LogP contribution >= 0.6 is 0 Å². The van der Waals surface area contributed by atoms with E-state index in [1.165, 1.54) is 12.1 Å². The summed E-state index contributed by atoms with van der Waals surface area (Å²) in [6.45, 7) is 2.44. The minimum absolute atomic E-state index is 0.0653. The molecule has 1 aromatic carbocycles. The van der Waals surface area contributed by atoms with Crippen LogP contribution in [0.4, 0.5) is 13.2 Å². The van der Waals surface area contributed by atoms with Gasteiger partial charge in [0.1, 0.15) is 5.75 Å². The van der Waals surface area contributed by atoms with E-state index in [1.54, 1.807) is 0 Å². The fourth-order valence-electron chi connectivity index (χ4n) is 1.65. The van der Waals surface area contributed by atoms with Gasteiger partial charge < -0.3 is 10.5 Å². The highest BCUT2D eigenvalue weighted by Crippen LogP contribution is 2.33. The number of benzene rings is 1. The Morgan fingerprint density at radius 2 is 1.94 bits per heavy atom. The Bertz CT molecular complexity index is 377. The normalized spacial score (nSPS) is 11.6. The third kappa shape index (κ3) is 4.22. The summed E-state index contributed by atoms with van der Waals surface area (Å²) in [4.78, 5) is 0. The van der Waals surface area contributed by atoms with Gasteiger partial charge in [-0.05, 0) is 30.2 Å². The van der Waals surface area contributed by atoms with Gasteiger partial charge in [0.2, 0.25) is 0 Å². The summed E-state index contributed by atoms with van der Waals surface area (Å²) in [6, 6.07) is 3.74. The zero-order valence-corrected chi connectivity index (χ0v) is 10.4. The van der Waals surface area contributed by atoms with E-state index in [0.717, 1.165) is 25.3 Å². The van der Waals surface area contributed by atoms with Crippen LogP contribution in [0.2, 0.25) is 0 Å². The van der Waals surface area contributed by atoms with Crippen LogP contribution in [0.3, 0.4) is 0 Å². The lowest BCUT2D eigenvalue weighted by Crippen LogP contribution is -2.12. The quantitative estimate of drug-likeness (QED) is 0.792. The van der Waals surface area contributed by atoms with Crippen molar-refractivity contribution in [3.63, 3.8) is 0 Å². The summed E-state index contributed by atoms with van der Waals surface area (Å²) in [5.74, 6) is 0.444. The molecule has 5 heteroatoms. The van der Waals surface area contributed by atoms with E-state index >= 15 is 0 Å². The maximum atomic E-state index is 12.6. The third-order valence-electron chi connectivity index (χ3n) is 2.62. The SMILES string of the molecule is CCCCCOc1ccc(C(F)(F)F)c(CN)c1. The van der Waals surface area contributed by atoms with Crippen LogP contribution in [0, 0.1) is 0 Å². The zero-order valence-electron chi connectivity index (χ0n) is 10.4. The second-order valence-corrected chi connectivity index (χ2v) is 4.08. The second-order valence-electron chi connectivity index (χ2n) is 4.08. The first-order valence-electron chi connectivity index (χ1n) is 6.02. The third-order valence-corrected chi connectivity index (χ3v) is 2.62. The molecule has 0 bridgehead atoms. The molecule has 102 valence electrons. The molecule has 18 heavy (non-hydrogen) atoms. The summed E-state index contributed by atoms with van der Waals surface area (Å²) < 4.78 is 43.3. The summed E-state index contributed by atoms with van der Waals surface area (Å²) in [7, 11) is 0. The Labute approximate surface area is 105 Å². The molecular formula is C13H18F3NO. The van der Waals surface area contributed by atoms with Crippen molar-refractivity contribution in [3.8, 4) is 5.75 Å². The van der Waals surface area contributed by atoms with Crippen LogP contribution in [0.1, 0.15) is 37.3 Å². The van der Waals surface area contributed by atoms with Crippen molar-refractivity contribution >= 4 is 0 Å². The second kappa shape index (κ2) is 6.64. The van der Waals surface area contributed by atoms with Crippen LogP contribution in [0.25, 0.3) is 0 Å². The minimum atomic E-state index is -4.37. The molecule has 0 aromatic heterocycles. The Morgan fingerprint density at radius 1 is 1.22 bits per heavy atom. The fourth-order valence-corrected chi connectivity index (χ4v) is 1.65. The van der Waals surface area contributed by atoms with Gasteiger partial charge in [-0.25, -0.2) is 0 Å². The smallest absolute Gasteiger partial charge is 0.416 e. The van der Waals surface area contributed by atoms with E-state index < -0.39 is 11.7 Å². The van der Waals surface area contributed by atoms with Crippen LogP contribution in [0.15, 0.2) is 18.2 Å². The lowest BCUT2D eigenvalue weighted by molar-refractivity contribution is -0.138. The molecule has 0 saturated heterocycles. The highest BCUT2D eigenvalue weighted by atomic mass is 19.4. The van der Waals surface area contributed by atoms with Crippen molar-refractivity contribution in [3.05, 3.63) is 29.3 Å². The number of nitrogens with two attached hydrogens (primary N) is 1. The van der Waals surface area contributed by atoms with E-state index in [-0.39, 0.29) is 12.1 Å². The molecule has 2 N–H and O–H groups in total. The van der Waals surface area contributed by atoms with Crippen molar-refractivity contribution < 1.29 is 17.9 Å². The van der Waals surface area contributed by atoms with Gasteiger partial charge in [0.25, 0.3) is 0 Å². The predicted molar refractivity (Wildman–Crippen MR) is 64.4 cm³/mol. The van der Waals surface area contributed by atoms with Crippen LogP contribution in [0.5, 0.6) is 5.75 Å². The van der Waals surface area contributed by atoms with Crippen molar-refractivity contribution in [1.29, 1.82) is 0 Å². The Balaban J connectivity index is 2.73. The average Bonchev–Trinajstić information content (AvgIpc) is 2.33.